The summed E-state index contributed by atoms with van der Waals surface area (Å²) in [5, 5.41) is 24.1. The maximum absolute atomic E-state index is 12.6. The fraction of sp³-hybridized carbons (Fsp3) is 0.828. The van der Waals surface area contributed by atoms with Crippen molar-refractivity contribution in [3.05, 3.63) is 27.4 Å². The van der Waals surface area contributed by atoms with Crippen LogP contribution in [0.4, 0.5) is 0 Å². The van der Waals surface area contributed by atoms with Crippen LogP contribution in [0, 0.1) is 4.77 Å². The number of nitrogens with zero attached hydrogens (tertiary/aromatic N) is 1. The Bertz CT molecular complexity index is 1150. The number of phosphoric ester groups is 1. The number of H-pyrrole nitrogens is 1. The molecular weight excluding hydrogens is 613 g/mol. The molecule has 15 heteroatoms. The summed E-state index contributed by atoms with van der Waals surface area (Å²) in [5.41, 5.74) is -2.32. The van der Waals surface area contributed by atoms with Gasteiger partial charge in [0.15, 0.2) is 11.0 Å². The number of ether oxygens (including phenoxy) is 2. The normalized spacial score (nSPS) is 23.8. The second kappa shape index (κ2) is 19.9. The van der Waals surface area contributed by atoms with E-state index in [1.807, 2.05) is 0 Å². The number of amides is 1. The van der Waals surface area contributed by atoms with E-state index >= 15 is 0 Å². The van der Waals surface area contributed by atoms with Gasteiger partial charge < -0.3 is 29.9 Å². The number of carbonyl (C=O) groups is 1. The molecule has 0 aromatic carbocycles. The predicted octanol–water partition coefficient (Wildman–Crippen LogP) is 4.27. The number of carbonyl (C=O) groups excluding carboxylic acids is 1. The van der Waals surface area contributed by atoms with Crippen LogP contribution in [0.1, 0.15) is 104 Å². The van der Waals surface area contributed by atoms with Gasteiger partial charge in [0.2, 0.25) is 5.91 Å². The largest absolute Gasteiger partial charge is 0.472 e. The topological polar surface area (TPSA) is 182 Å². The van der Waals surface area contributed by atoms with Gasteiger partial charge in [-0.15, -0.1) is 0 Å². The van der Waals surface area contributed by atoms with Gasteiger partial charge in [0.1, 0.15) is 17.8 Å². The monoisotopic (exact) mass is 665 g/mol. The smallest absolute Gasteiger partial charge is 0.387 e. The number of hydrogen-bond donors (Lipinski definition) is 5. The van der Waals surface area contributed by atoms with Crippen LogP contribution in [0.25, 0.3) is 0 Å². The fourth-order valence-corrected chi connectivity index (χ4v) is 6.10. The lowest BCUT2D eigenvalue weighted by molar-refractivity contribution is -0.120. The minimum absolute atomic E-state index is 0.0438. The van der Waals surface area contributed by atoms with E-state index < -0.39 is 50.1 Å². The molecule has 0 spiro atoms. The quantitative estimate of drug-likeness (QED) is 0.0640. The number of aliphatic hydroxyl groups is 2. The maximum atomic E-state index is 12.6. The summed E-state index contributed by atoms with van der Waals surface area (Å²) >= 11 is 5.11. The molecule has 13 nitrogen and oxygen atoms in total. The molecule has 2 heterocycles. The van der Waals surface area contributed by atoms with Crippen LogP contribution in [0.15, 0.2) is 17.1 Å². The highest BCUT2D eigenvalue weighted by atomic mass is 32.1. The van der Waals surface area contributed by atoms with E-state index in [-0.39, 0.29) is 23.9 Å². The summed E-state index contributed by atoms with van der Waals surface area (Å²) in [6.45, 7) is 4.49. The Morgan fingerprint density at radius 2 is 1.70 bits per heavy atom. The van der Waals surface area contributed by atoms with E-state index in [2.05, 4.69) is 17.2 Å². The van der Waals surface area contributed by atoms with Crippen LogP contribution in [-0.4, -0.2) is 80.8 Å². The average molecular weight is 666 g/mol. The van der Waals surface area contributed by atoms with Crippen LogP contribution in [0.2, 0.25) is 0 Å². The first-order valence-electron chi connectivity index (χ1n) is 15.7. The number of phosphoric acid groups is 1. The van der Waals surface area contributed by atoms with Crippen molar-refractivity contribution in [1.82, 2.24) is 14.9 Å². The Morgan fingerprint density at radius 3 is 2.27 bits per heavy atom. The van der Waals surface area contributed by atoms with Crippen molar-refractivity contribution < 1.29 is 43.0 Å². The molecule has 1 aliphatic rings. The molecule has 2 rings (SSSR count). The Morgan fingerprint density at radius 1 is 1.11 bits per heavy atom. The summed E-state index contributed by atoms with van der Waals surface area (Å²) in [5.74, 6) is -0.349. The number of aliphatic hydroxyl groups excluding tert-OH is 1. The molecule has 1 aromatic rings. The van der Waals surface area contributed by atoms with Crippen molar-refractivity contribution in [3.8, 4) is 0 Å². The molecule has 1 saturated heterocycles. The molecule has 1 aromatic heterocycles. The minimum Gasteiger partial charge on any atom is -0.387 e. The van der Waals surface area contributed by atoms with Gasteiger partial charge in [-0.25, -0.2) is 4.57 Å². The number of aromatic nitrogens is 2. The van der Waals surface area contributed by atoms with Crippen LogP contribution < -0.4 is 10.9 Å². The number of hydrogen-bond acceptors (Lipinski definition) is 10. The third-order valence-corrected chi connectivity index (χ3v) is 8.83. The fourth-order valence-electron chi connectivity index (χ4n) is 5.07. The lowest BCUT2D eigenvalue weighted by atomic mass is 9.96. The Labute approximate surface area is 265 Å². The first kappa shape index (κ1) is 38.7. The van der Waals surface area contributed by atoms with Crippen molar-refractivity contribution in [2.75, 3.05) is 26.4 Å². The van der Waals surface area contributed by atoms with E-state index in [1.165, 1.54) is 88.5 Å². The van der Waals surface area contributed by atoms with Crippen molar-refractivity contribution in [1.29, 1.82) is 0 Å². The average Bonchev–Trinajstić information content (AvgIpc) is 3.18. The molecule has 6 atom stereocenters. The van der Waals surface area contributed by atoms with E-state index in [0.717, 1.165) is 19.3 Å². The van der Waals surface area contributed by atoms with Gasteiger partial charge in [-0.05, 0) is 25.6 Å². The van der Waals surface area contributed by atoms with Crippen LogP contribution in [0.5, 0.6) is 0 Å². The molecule has 0 bridgehead atoms. The second-order valence-corrected chi connectivity index (χ2v) is 13.5. The molecule has 1 amide bonds. The number of nitrogens with one attached hydrogen (secondary N) is 2. The molecule has 0 saturated carbocycles. The summed E-state index contributed by atoms with van der Waals surface area (Å²) in [6, 6.07) is 0.490. The third kappa shape index (κ3) is 13.9. The van der Waals surface area contributed by atoms with Gasteiger partial charge in [0.05, 0.1) is 25.9 Å². The summed E-state index contributed by atoms with van der Waals surface area (Å²) in [6.07, 6.45) is 12.2. The first-order valence-corrected chi connectivity index (χ1v) is 17.6. The van der Waals surface area contributed by atoms with Gasteiger partial charge in [0, 0.05) is 25.8 Å². The summed E-state index contributed by atoms with van der Waals surface area (Å²) < 4.78 is 35.3. The molecule has 5 N–H and O–H groups in total. The second-order valence-electron chi connectivity index (χ2n) is 11.6. The molecule has 0 radical (unpaired) electrons. The number of unbranched alkanes of at least 4 members (excludes halogenated alkanes) is 11. The Balaban J connectivity index is 1.69. The predicted molar refractivity (Wildman–Crippen MR) is 168 cm³/mol. The van der Waals surface area contributed by atoms with E-state index in [1.54, 1.807) is 0 Å². The van der Waals surface area contributed by atoms with Crippen LogP contribution >= 0.6 is 20.0 Å². The zero-order chi connectivity index (χ0) is 32.6. The van der Waals surface area contributed by atoms with E-state index in [0.29, 0.717) is 6.61 Å². The van der Waals surface area contributed by atoms with Gasteiger partial charge in [-0.3, -0.25) is 28.2 Å². The lowest BCUT2D eigenvalue weighted by Gasteiger charge is -2.28. The maximum Gasteiger partial charge on any atom is 0.472 e. The molecule has 1 aliphatic heterocycles. The summed E-state index contributed by atoms with van der Waals surface area (Å²) in [4.78, 5) is 35.7. The standard InChI is InChI=1S/C29H52N3O10PS/c1-4-5-6-7-8-9-10-11-12-13-14-15-18-39-19-23(30-22(2)33)20-40-43(37,38)41-21-24-26(35)29(3,36)27(42-24)32-17-16-25(34)31-28(32)44/h16-17,23-24,26-27,35-36H,4-15,18-21H2,1-3H3,(H,30,33)(H,37,38)(H,31,34,44)/t23-,24+,26-,27+,29?/m0/s1. The highest BCUT2D eigenvalue weighted by molar-refractivity contribution is 7.71. The van der Waals surface area contributed by atoms with Gasteiger partial charge in [-0.2, -0.15) is 0 Å². The molecule has 44 heavy (non-hydrogen) atoms. The van der Waals surface area contributed by atoms with Gasteiger partial charge in [0.25, 0.3) is 5.56 Å². The first-order chi connectivity index (χ1) is 20.9. The van der Waals surface area contributed by atoms with Crippen molar-refractivity contribution in [3.63, 3.8) is 0 Å². The number of rotatable bonds is 23. The molecule has 2 unspecified atom stereocenters. The Hall–Kier alpha value is -1.48. The highest BCUT2D eigenvalue weighted by Gasteiger charge is 2.53. The lowest BCUT2D eigenvalue weighted by Crippen LogP contribution is -2.44. The molecule has 0 aliphatic carbocycles. The third-order valence-electron chi connectivity index (χ3n) is 7.57. The molecular formula is C29H52N3O10PS. The zero-order valence-corrected chi connectivity index (χ0v) is 28.0. The zero-order valence-electron chi connectivity index (χ0n) is 26.3. The SMILES string of the molecule is CCCCCCCCCCCCCCOC[C@@H](COP(=O)(O)OC[C@H]1O[C@@H](n2ccc(=O)[nH]c2=S)C(C)(O)[C@H]1O)NC(C)=O. The van der Waals surface area contributed by atoms with Crippen molar-refractivity contribution in [2.45, 2.75) is 128 Å². The highest BCUT2D eigenvalue weighted by Crippen LogP contribution is 2.45. The number of aromatic amines is 1. The minimum atomic E-state index is -4.65. The Kier molecular flexibility index (Phi) is 17.5. The molecule has 254 valence electrons. The van der Waals surface area contributed by atoms with Crippen molar-refractivity contribution >= 4 is 25.9 Å². The van der Waals surface area contributed by atoms with Crippen LogP contribution in [-0.2, 0) is 27.9 Å². The summed E-state index contributed by atoms with van der Waals surface area (Å²) in [7, 11) is -4.65. The molecule has 1 fully saturated rings. The van der Waals surface area contributed by atoms with E-state index in [4.69, 9.17) is 30.7 Å². The van der Waals surface area contributed by atoms with Crippen LogP contribution in [0.3, 0.4) is 0 Å². The van der Waals surface area contributed by atoms with Gasteiger partial charge >= 0.3 is 7.82 Å². The van der Waals surface area contributed by atoms with Gasteiger partial charge in [-0.1, -0.05) is 77.6 Å². The van der Waals surface area contributed by atoms with Crippen molar-refractivity contribution in [2.24, 2.45) is 0 Å². The van der Waals surface area contributed by atoms with E-state index in [9.17, 15) is 29.3 Å².